The summed E-state index contributed by atoms with van der Waals surface area (Å²) in [6, 6.07) is 8.37. The lowest BCUT2D eigenvalue weighted by Crippen LogP contribution is -2.23. The zero-order valence-electron chi connectivity index (χ0n) is 17.4. The summed E-state index contributed by atoms with van der Waals surface area (Å²) in [5, 5.41) is 18.7. The Morgan fingerprint density at radius 1 is 1.09 bits per heavy atom. The summed E-state index contributed by atoms with van der Waals surface area (Å²) in [4.78, 5) is 16.2. The monoisotopic (exact) mass is 440 g/mol. The van der Waals surface area contributed by atoms with E-state index in [2.05, 4.69) is 30.7 Å². The molecule has 0 bridgehead atoms. The molecule has 1 amide bonds. The number of hydrogen-bond acceptors (Lipinski definition) is 6. The Morgan fingerprint density at radius 3 is 2.41 bits per heavy atom. The van der Waals surface area contributed by atoms with E-state index in [0.717, 1.165) is 48.6 Å². The molecule has 4 aromatic rings. The molecular weight excluding hydrogens is 418 g/mol. The highest BCUT2D eigenvalue weighted by Crippen LogP contribution is 2.23. The second kappa shape index (κ2) is 9.50. The van der Waals surface area contributed by atoms with E-state index < -0.39 is 11.6 Å². The molecule has 11 heteroatoms. The second-order valence-corrected chi connectivity index (χ2v) is 7.28. The van der Waals surface area contributed by atoms with Gasteiger partial charge in [-0.25, -0.2) is 13.3 Å². The van der Waals surface area contributed by atoms with Gasteiger partial charge < -0.3 is 10.2 Å². The third-order valence-electron chi connectivity index (χ3n) is 4.98. The summed E-state index contributed by atoms with van der Waals surface area (Å²) in [6.45, 7) is 2.35. The van der Waals surface area contributed by atoms with Gasteiger partial charge in [-0.2, -0.15) is 9.90 Å². The topological polar surface area (TPSA) is 93.2 Å². The summed E-state index contributed by atoms with van der Waals surface area (Å²) in [5.41, 5.74) is 2.47. The van der Waals surface area contributed by atoms with E-state index in [4.69, 9.17) is 0 Å². The number of amides is 1. The highest BCUT2D eigenvalue weighted by molar-refractivity contribution is 6.01. The molecule has 32 heavy (non-hydrogen) atoms. The van der Waals surface area contributed by atoms with Gasteiger partial charge in [0.25, 0.3) is 5.91 Å². The third-order valence-corrected chi connectivity index (χ3v) is 4.98. The zero-order chi connectivity index (χ0) is 22.5. The molecule has 1 fully saturated rings. The number of nitrogens with zero attached hydrogens (tertiary/aromatic N) is 7. The van der Waals surface area contributed by atoms with Crippen molar-refractivity contribution in [1.29, 1.82) is 0 Å². The number of aryl methyl sites for hydroxylation is 1. The van der Waals surface area contributed by atoms with E-state index >= 15 is 0 Å². The van der Waals surface area contributed by atoms with Gasteiger partial charge in [0.05, 0.1) is 30.9 Å². The van der Waals surface area contributed by atoms with E-state index in [0.29, 0.717) is 11.4 Å². The molecule has 3 aromatic heterocycles. The standard InChI is InChI=1S/C15H18N8O.C6H4F2/c1-21-19-14(18-20-21)10-16-15(24)12-9-17-23-7-4-11(8-13(12)23)22-5-2-3-6-22;7-5-1-2-6(8)4-3-5/h4,7-9H,2-3,5-6,10H2,1H3,(H,16,24);1-4H. The van der Waals surface area contributed by atoms with Crippen molar-refractivity contribution in [3.63, 3.8) is 0 Å². The van der Waals surface area contributed by atoms with Gasteiger partial charge in [-0.1, -0.05) is 0 Å². The Morgan fingerprint density at radius 2 is 1.78 bits per heavy atom. The van der Waals surface area contributed by atoms with Gasteiger partial charge in [0.1, 0.15) is 11.6 Å². The van der Waals surface area contributed by atoms with Gasteiger partial charge in [-0.15, -0.1) is 10.2 Å². The number of nitrogens with one attached hydrogen (secondary N) is 1. The van der Waals surface area contributed by atoms with Crippen molar-refractivity contribution in [3.8, 4) is 0 Å². The number of anilines is 1. The number of aromatic nitrogens is 6. The van der Waals surface area contributed by atoms with Crippen LogP contribution in [0.5, 0.6) is 0 Å². The minimum absolute atomic E-state index is 0.198. The molecule has 1 aliphatic heterocycles. The number of benzene rings is 1. The molecule has 5 rings (SSSR count). The van der Waals surface area contributed by atoms with Crippen LogP contribution in [0.1, 0.15) is 29.0 Å². The molecule has 1 saturated heterocycles. The van der Waals surface area contributed by atoms with Gasteiger partial charge in [0, 0.05) is 25.0 Å². The Kier molecular flexibility index (Phi) is 6.34. The van der Waals surface area contributed by atoms with Crippen LogP contribution < -0.4 is 10.2 Å². The molecular formula is C21H22F2N8O. The first-order chi connectivity index (χ1) is 15.5. The van der Waals surface area contributed by atoms with Crippen LogP contribution in [0.3, 0.4) is 0 Å². The fourth-order valence-electron chi connectivity index (χ4n) is 3.39. The van der Waals surface area contributed by atoms with Crippen molar-refractivity contribution in [2.24, 2.45) is 7.05 Å². The summed E-state index contributed by atoms with van der Waals surface area (Å²) in [5.74, 6) is -0.547. The van der Waals surface area contributed by atoms with Gasteiger partial charge in [-0.05, 0) is 54.5 Å². The van der Waals surface area contributed by atoms with Crippen LogP contribution in [0, 0.1) is 11.6 Å². The van der Waals surface area contributed by atoms with Gasteiger partial charge in [0.15, 0.2) is 5.82 Å². The van der Waals surface area contributed by atoms with E-state index in [-0.39, 0.29) is 12.5 Å². The molecule has 0 saturated carbocycles. The highest BCUT2D eigenvalue weighted by atomic mass is 19.1. The average Bonchev–Trinajstić information content (AvgIpc) is 3.55. The van der Waals surface area contributed by atoms with Gasteiger partial charge in [0.2, 0.25) is 0 Å². The van der Waals surface area contributed by atoms with Crippen LogP contribution in [0.4, 0.5) is 14.5 Å². The van der Waals surface area contributed by atoms with E-state index in [1.54, 1.807) is 17.8 Å². The Bertz CT molecular complexity index is 1180. The fraction of sp³-hybridized carbons (Fsp3) is 0.286. The Hall–Kier alpha value is -3.89. The molecule has 1 N–H and O–H groups in total. The molecule has 0 atom stereocenters. The first-order valence-corrected chi connectivity index (χ1v) is 10.1. The van der Waals surface area contributed by atoms with Crippen molar-refractivity contribution >= 4 is 17.1 Å². The van der Waals surface area contributed by atoms with Crippen molar-refractivity contribution in [2.75, 3.05) is 18.0 Å². The van der Waals surface area contributed by atoms with Crippen LogP contribution in [0.15, 0.2) is 48.8 Å². The van der Waals surface area contributed by atoms with E-state index in [9.17, 15) is 13.6 Å². The Labute approximate surface area is 182 Å². The molecule has 0 unspecified atom stereocenters. The molecule has 166 valence electrons. The Balaban J connectivity index is 0.000000260. The number of halogens is 2. The summed E-state index contributed by atoms with van der Waals surface area (Å²) in [6.07, 6.45) is 5.90. The van der Waals surface area contributed by atoms with Gasteiger partial charge >= 0.3 is 0 Å². The maximum absolute atomic E-state index is 12.5. The summed E-state index contributed by atoms with van der Waals surface area (Å²) >= 11 is 0. The smallest absolute Gasteiger partial charge is 0.255 e. The van der Waals surface area contributed by atoms with Crippen LogP contribution in [0.25, 0.3) is 5.52 Å². The molecule has 1 aliphatic rings. The van der Waals surface area contributed by atoms with Crippen molar-refractivity contribution in [1.82, 2.24) is 35.1 Å². The van der Waals surface area contributed by atoms with Crippen LogP contribution in [-0.4, -0.2) is 48.8 Å². The van der Waals surface area contributed by atoms with Crippen LogP contribution in [0.2, 0.25) is 0 Å². The number of hydrogen-bond donors (Lipinski definition) is 1. The maximum atomic E-state index is 12.5. The number of tetrazole rings is 1. The maximum Gasteiger partial charge on any atom is 0.255 e. The lowest BCUT2D eigenvalue weighted by atomic mass is 10.2. The number of carbonyl (C=O) groups excluding carboxylic acids is 1. The van der Waals surface area contributed by atoms with Crippen LogP contribution in [-0.2, 0) is 13.6 Å². The summed E-state index contributed by atoms with van der Waals surface area (Å²) in [7, 11) is 1.68. The second-order valence-electron chi connectivity index (χ2n) is 7.28. The zero-order valence-corrected chi connectivity index (χ0v) is 17.4. The molecule has 0 radical (unpaired) electrons. The first-order valence-electron chi connectivity index (χ1n) is 10.1. The first kappa shape index (κ1) is 21.3. The SMILES string of the molecule is Cn1nnc(CNC(=O)c2cnn3ccc(N4CCCC4)cc23)n1.Fc1ccc(F)cc1. The molecule has 0 aliphatic carbocycles. The van der Waals surface area contributed by atoms with Crippen molar-refractivity contribution in [3.05, 3.63) is 71.8 Å². The highest BCUT2D eigenvalue weighted by Gasteiger charge is 2.17. The van der Waals surface area contributed by atoms with E-state index in [1.165, 1.54) is 17.6 Å². The minimum Gasteiger partial charge on any atom is -0.371 e. The van der Waals surface area contributed by atoms with Gasteiger partial charge in [-0.3, -0.25) is 4.79 Å². The molecule has 0 spiro atoms. The number of pyridine rings is 1. The molecule has 9 nitrogen and oxygen atoms in total. The largest absolute Gasteiger partial charge is 0.371 e. The number of fused-ring (bicyclic) bond motifs is 1. The normalized spacial score (nSPS) is 13.2. The predicted octanol–water partition coefficient (Wildman–Crippen LogP) is 2.35. The van der Waals surface area contributed by atoms with Crippen molar-refractivity contribution < 1.29 is 13.6 Å². The minimum atomic E-state index is -0.411. The summed E-state index contributed by atoms with van der Waals surface area (Å²) < 4.78 is 25.6. The average molecular weight is 440 g/mol. The predicted molar refractivity (Wildman–Crippen MR) is 113 cm³/mol. The molecule has 4 heterocycles. The number of carbonyl (C=O) groups is 1. The number of rotatable bonds is 4. The van der Waals surface area contributed by atoms with Crippen molar-refractivity contribution in [2.45, 2.75) is 19.4 Å². The lowest BCUT2D eigenvalue weighted by molar-refractivity contribution is 0.0951. The lowest BCUT2D eigenvalue weighted by Gasteiger charge is -2.17. The quantitative estimate of drug-likeness (QED) is 0.524. The van der Waals surface area contributed by atoms with Crippen LogP contribution >= 0.6 is 0 Å². The van der Waals surface area contributed by atoms with E-state index in [1.807, 2.05) is 18.3 Å². The third kappa shape index (κ3) is 5.05. The molecule has 1 aromatic carbocycles. The fourth-order valence-corrected chi connectivity index (χ4v) is 3.39.